The quantitative estimate of drug-likeness (QED) is 0.808. The Hall–Kier alpha value is -1.35. The Balaban J connectivity index is 2.06. The van der Waals surface area contributed by atoms with Crippen LogP contribution in [-0.4, -0.2) is 11.9 Å². The van der Waals surface area contributed by atoms with E-state index in [-0.39, 0.29) is 18.0 Å². The van der Waals surface area contributed by atoms with Crippen LogP contribution in [0.4, 0.5) is 0 Å². The standard InChI is InChI=1S/C13H18N2O/c1-2-11(14)13(16)15-12-8-7-9-5-3-4-6-10(9)12/h3-6,11-12H,2,7-8,14H2,1H3,(H,15,16)/t11-,12?/m1/s1. The number of nitrogens with two attached hydrogens (primary N) is 1. The first-order chi connectivity index (χ1) is 7.72. The van der Waals surface area contributed by atoms with E-state index in [2.05, 4.69) is 17.4 Å². The molecular weight excluding hydrogens is 200 g/mol. The average Bonchev–Trinajstić information content (AvgIpc) is 2.72. The summed E-state index contributed by atoms with van der Waals surface area (Å²) in [7, 11) is 0. The summed E-state index contributed by atoms with van der Waals surface area (Å²) in [6.07, 6.45) is 2.71. The van der Waals surface area contributed by atoms with Crippen LogP contribution < -0.4 is 11.1 Å². The minimum absolute atomic E-state index is 0.0378. The first-order valence-electron chi connectivity index (χ1n) is 5.86. The zero-order valence-electron chi connectivity index (χ0n) is 9.57. The van der Waals surface area contributed by atoms with Gasteiger partial charge >= 0.3 is 0 Å². The second-order valence-corrected chi connectivity index (χ2v) is 4.31. The minimum atomic E-state index is -0.382. The van der Waals surface area contributed by atoms with E-state index in [1.54, 1.807) is 0 Å². The normalized spacial score (nSPS) is 20.2. The highest BCUT2D eigenvalue weighted by atomic mass is 16.2. The molecule has 0 heterocycles. The van der Waals surface area contributed by atoms with Crippen molar-refractivity contribution < 1.29 is 4.79 Å². The molecule has 2 atom stereocenters. The van der Waals surface area contributed by atoms with Gasteiger partial charge in [0.1, 0.15) is 0 Å². The van der Waals surface area contributed by atoms with Crippen LogP contribution in [0.3, 0.4) is 0 Å². The zero-order chi connectivity index (χ0) is 11.5. The summed E-state index contributed by atoms with van der Waals surface area (Å²) in [5, 5.41) is 3.02. The largest absolute Gasteiger partial charge is 0.348 e. The third-order valence-electron chi connectivity index (χ3n) is 3.23. The number of nitrogens with one attached hydrogen (secondary N) is 1. The fraction of sp³-hybridized carbons (Fsp3) is 0.462. The van der Waals surface area contributed by atoms with Crippen molar-refractivity contribution in [2.24, 2.45) is 5.73 Å². The van der Waals surface area contributed by atoms with E-state index in [9.17, 15) is 4.79 Å². The molecule has 16 heavy (non-hydrogen) atoms. The fourth-order valence-electron chi connectivity index (χ4n) is 2.17. The molecule has 1 unspecified atom stereocenters. The molecule has 1 amide bonds. The summed E-state index contributed by atoms with van der Waals surface area (Å²) >= 11 is 0. The molecule has 0 saturated carbocycles. The van der Waals surface area contributed by atoms with E-state index < -0.39 is 0 Å². The van der Waals surface area contributed by atoms with Gasteiger partial charge in [-0.2, -0.15) is 0 Å². The Morgan fingerprint density at radius 2 is 2.31 bits per heavy atom. The SMILES string of the molecule is CC[C@@H](N)C(=O)NC1CCc2ccccc21. The molecule has 1 aromatic carbocycles. The van der Waals surface area contributed by atoms with Crippen LogP contribution in [0.1, 0.15) is 36.9 Å². The van der Waals surface area contributed by atoms with Gasteiger partial charge in [0.05, 0.1) is 12.1 Å². The van der Waals surface area contributed by atoms with Crippen molar-refractivity contribution in [1.82, 2.24) is 5.32 Å². The number of hydrogen-bond acceptors (Lipinski definition) is 2. The maximum atomic E-state index is 11.7. The maximum absolute atomic E-state index is 11.7. The number of hydrogen-bond donors (Lipinski definition) is 2. The second kappa shape index (κ2) is 4.66. The Morgan fingerprint density at radius 1 is 1.56 bits per heavy atom. The fourth-order valence-corrected chi connectivity index (χ4v) is 2.17. The highest BCUT2D eigenvalue weighted by molar-refractivity contribution is 5.81. The summed E-state index contributed by atoms with van der Waals surface area (Å²) in [6.45, 7) is 1.92. The van der Waals surface area contributed by atoms with Crippen molar-refractivity contribution in [3.8, 4) is 0 Å². The van der Waals surface area contributed by atoms with Gasteiger partial charge in [0, 0.05) is 0 Å². The molecule has 0 saturated heterocycles. The van der Waals surface area contributed by atoms with Gasteiger partial charge in [0.2, 0.25) is 5.91 Å². The lowest BCUT2D eigenvalue weighted by atomic mass is 10.1. The molecule has 0 bridgehead atoms. The third kappa shape index (κ3) is 2.09. The molecule has 3 N–H and O–H groups in total. The molecular formula is C13H18N2O. The second-order valence-electron chi connectivity index (χ2n) is 4.31. The van der Waals surface area contributed by atoms with Gasteiger partial charge in [-0.05, 0) is 30.4 Å². The van der Waals surface area contributed by atoms with Gasteiger partial charge in [0.15, 0.2) is 0 Å². The van der Waals surface area contributed by atoms with Crippen molar-refractivity contribution in [2.75, 3.05) is 0 Å². The van der Waals surface area contributed by atoms with Gasteiger partial charge < -0.3 is 11.1 Å². The number of aryl methyl sites for hydroxylation is 1. The summed E-state index contributed by atoms with van der Waals surface area (Å²) in [4.78, 5) is 11.7. The van der Waals surface area contributed by atoms with Crippen LogP contribution in [0.2, 0.25) is 0 Å². The predicted molar refractivity (Wildman–Crippen MR) is 63.9 cm³/mol. The van der Waals surface area contributed by atoms with Gasteiger partial charge in [-0.25, -0.2) is 0 Å². The predicted octanol–water partition coefficient (Wildman–Crippen LogP) is 1.53. The molecule has 0 fully saturated rings. The van der Waals surface area contributed by atoms with Gasteiger partial charge in [-0.1, -0.05) is 31.2 Å². The van der Waals surface area contributed by atoms with E-state index in [1.807, 2.05) is 19.1 Å². The lowest BCUT2D eigenvalue weighted by molar-refractivity contribution is -0.123. The summed E-state index contributed by atoms with van der Waals surface area (Å²) < 4.78 is 0. The highest BCUT2D eigenvalue weighted by Crippen LogP contribution is 2.30. The molecule has 2 rings (SSSR count). The molecule has 86 valence electrons. The minimum Gasteiger partial charge on any atom is -0.348 e. The Morgan fingerprint density at radius 3 is 3.06 bits per heavy atom. The molecule has 0 aliphatic heterocycles. The highest BCUT2D eigenvalue weighted by Gasteiger charge is 2.24. The van der Waals surface area contributed by atoms with Crippen molar-refractivity contribution in [3.05, 3.63) is 35.4 Å². The lowest BCUT2D eigenvalue weighted by Gasteiger charge is -2.16. The van der Waals surface area contributed by atoms with Crippen LogP contribution in [0.15, 0.2) is 24.3 Å². The molecule has 3 nitrogen and oxygen atoms in total. The summed E-state index contributed by atoms with van der Waals surface area (Å²) in [5.41, 5.74) is 8.30. The van der Waals surface area contributed by atoms with Crippen molar-refractivity contribution in [1.29, 1.82) is 0 Å². The molecule has 1 aliphatic carbocycles. The number of rotatable bonds is 3. The van der Waals surface area contributed by atoms with Gasteiger partial charge in [-0.15, -0.1) is 0 Å². The van der Waals surface area contributed by atoms with E-state index in [0.717, 1.165) is 12.8 Å². The Bertz CT molecular complexity index is 389. The van der Waals surface area contributed by atoms with Crippen LogP contribution in [-0.2, 0) is 11.2 Å². The van der Waals surface area contributed by atoms with Gasteiger partial charge in [0.25, 0.3) is 0 Å². The first-order valence-corrected chi connectivity index (χ1v) is 5.86. The Labute approximate surface area is 96.0 Å². The Kier molecular flexibility index (Phi) is 3.25. The van der Waals surface area contributed by atoms with Gasteiger partial charge in [-0.3, -0.25) is 4.79 Å². The zero-order valence-corrected chi connectivity index (χ0v) is 9.57. The number of fused-ring (bicyclic) bond motifs is 1. The number of amides is 1. The number of carbonyl (C=O) groups is 1. The number of carbonyl (C=O) groups excluding carboxylic acids is 1. The molecule has 3 heteroatoms. The van der Waals surface area contributed by atoms with Crippen molar-refractivity contribution >= 4 is 5.91 Å². The first kappa shape index (κ1) is 11.1. The van der Waals surface area contributed by atoms with E-state index in [0.29, 0.717) is 6.42 Å². The molecule has 1 aliphatic rings. The van der Waals surface area contributed by atoms with Crippen LogP contribution in [0.5, 0.6) is 0 Å². The molecule has 1 aromatic rings. The van der Waals surface area contributed by atoms with Crippen LogP contribution in [0, 0.1) is 0 Å². The lowest BCUT2D eigenvalue weighted by Crippen LogP contribution is -2.41. The molecule has 0 aromatic heterocycles. The number of benzene rings is 1. The molecule has 0 spiro atoms. The maximum Gasteiger partial charge on any atom is 0.237 e. The van der Waals surface area contributed by atoms with E-state index in [4.69, 9.17) is 5.73 Å². The van der Waals surface area contributed by atoms with E-state index in [1.165, 1.54) is 11.1 Å². The third-order valence-corrected chi connectivity index (χ3v) is 3.23. The molecule has 0 radical (unpaired) electrons. The smallest absolute Gasteiger partial charge is 0.237 e. The monoisotopic (exact) mass is 218 g/mol. The van der Waals surface area contributed by atoms with E-state index >= 15 is 0 Å². The van der Waals surface area contributed by atoms with Crippen molar-refractivity contribution in [3.63, 3.8) is 0 Å². The topological polar surface area (TPSA) is 55.1 Å². The van der Waals surface area contributed by atoms with Crippen molar-refractivity contribution in [2.45, 2.75) is 38.3 Å². The summed E-state index contributed by atoms with van der Waals surface area (Å²) in [6, 6.07) is 8.05. The average molecular weight is 218 g/mol. The summed E-state index contributed by atoms with van der Waals surface area (Å²) in [5.74, 6) is -0.0378. The van der Waals surface area contributed by atoms with Crippen LogP contribution in [0.25, 0.3) is 0 Å². The van der Waals surface area contributed by atoms with Crippen LogP contribution >= 0.6 is 0 Å².